The van der Waals surface area contributed by atoms with Gasteiger partial charge in [-0.05, 0) is 42.5 Å². The number of H-pyrrole nitrogens is 3. The minimum Gasteiger partial charge on any atom is -0.338 e. The van der Waals surface area contributed by atoms with Gasteiger partial charge < -0.3 is 5.32 Å². The van der Waals surface area contributed by atoms with E-state index in [1.807, 2.05) is 24.3 Å². The summed E-state index contributed by atoms with van der Waals surface area (Å²) in [6.45, 7) is 0. The highest BCUT2D eigenvalue weighted by atomic mass is 19.4. The average Bonchev–Trinajstić information content (AvgIpc) is 3.41. The van der Waals surface area contributed by atoms with E-state index in [-0.39, 0.29) is 27.8 Å². The van der Waals surface area contributed by atoms with E-state index in [0.717, 1.165) is 17.0 Å². The molecule has 0 amide bonds. The third-order valence-electron chi connectivity index (χ3n) is 5.60. The van der Waals surface area contributed by atoms with Gasteiger partial charge in [-0.15, -0.1) is 0 Å². The summed E-state index contributed by atoms with van der Waals surface area (Å²) in [6.07, 6.45) is -3.16. The van der Waals surface area contributed by atoms with E-state index >= 15 is 0 Å². The molecule has 2 aromatic carbocycles. The molecule has 0 aliphatic carbocycles. The van der Waals surface area contributed by atoms with Crippen LogP contribution in [0, 0.1) is 0 Å². The van der Waals surface area contributed by atoms with E-state index in [1.54, 1.807) is 12.1 Å². The maximum Gasteiger partial charge on any atom is 0.417 e. The topological polar surface area (TPSA) is 115 Å². The lowest BCUT2D eigenvalue weighted by Gasteiger charge is -2.15. The normalized spacial score (nSPS) is 12.1. The molecule has 4 heterocycles. The first-order valence-electron chi connectivity index (χ1n) is 10.2. The number of halogens is 3. The second kappa shape index (κ2) is 7.17. The average molecular weight is 461 g/mol. The summed E-state index contributed by atoms with van der Waals surface area (Å²) >= 11 is 0. The number of rotatable bonds is 3. The summed E-state index contributed by atoms with van der Waals surface area (Å²) in [6, 6.07) is 14.5. The summed E-state index contributed by atoms with van der Waals surface area (Å²) < 4.78 is 42.0. The molecule has 0 aliphatic heterocycles. The number of pyridine rings is 2. The molecule has 0 radical (unpaired) electrons. The van der Waals surface area contributed by atoms with Gasteiger partial charge in [0, 0.05) is 22.5 Å². The Morgan fingerprint density at radius 2 is 1.71 bits per heavy atom. The quantitative estimate of drug-likeness (QED) is 0.293. The number of aromatic nitrogens is 6. The zero-order chi connectivity index (χ0) is 23.4. The van der Waals surface area contributed by atoms with Crippen LogP contribution in [0.2, 0.25) is 0 Å². The molecule has 0 fully saturated rings. The number of hydrogen-bond donors (Lipinski definition) is 4. The molecule has 6 rings (SSSR count). The Morgan fingerprint density at radius 1 is 0.882 bits per heavy atom. The summed E-state index contributed by atoms with van der Waals surface area (Å²) in [5, 5.41) is 16.7. The van der Waals surface area contributed by atoms with Crippen molar-refractivity contribution >= 4 is 44.3 Å². The van der Waals surface area contributed by atoms with E-state index in [4.69, 9.17) is 0 Å². The molecular formula is C23H14F3N7O. The summed E-state index contributed by atoms with van der Waals surface area (Å²) in [7, 11) is 0. The van der Waals surface area contributed by atoms with Crippen LogP contribution < -0.4 is 10.9 Å². The van der Waals surface area contributed by atoms with Gasteiger partial charge in [-0.25, -0.2) is 9.97 Å². The Hall–Kier alpha value is -4.67. The van der Waals surface area contributed by atoms with Crippen molar-refractivity contribution in [2.24, 2.45) is 0 Å². The molecule has 11 heteroatoms. The first kappa shape index (κ1) is 20.0. The summed E-state index contributed by atoms with van der Waals surface area (Å²) in [4.78, 5) is 20.8. The van der Waals surface area contributed by atoms with Crippen LogP contribution in [-0.2, 0) is 6.18 Å². The highest BCUT2D eigenvalue weighted by Crippen LogP contribution is 2.40. The van der Waals surface area contributed by atoms with Gasteiger partial charge in [-0.1, -0.05) is 12.1 Å². The van der Waals surface area contributed by atoms with Gasteiger partial charge >= 0.3 is 6.18 Å². The number of benzene rings is 2. The Balaban J connectivity index is 1.60. The van der Waals surface area contributed by atoms with Crippen molar-refractivity contribution in [3.63, 3.8) is 0 Å². The maximum absolute atomic E-state index is 14.0. The fraction of sp³-hybridized carbons (Fsp3) is 0.0435. The third-order valence-corrected chi connectivity index (χ3v) is 5.60. The number of alkyl halides is 3. The molecule has 0 atom stereocenters. The maximum atomic E-state index is 14.0. The number of nitrogens with one attached hydrogen (secondary N) is 4. The van der Waals surface area contributed by atoms with Gasteiger partial charge in [0.05, 0.1) is 33.4 Å². The summed E-state index contributed by atoms with van der Waals surface area (Å²) in [5.74, 6) is 0.506. The predicted octanol–water partition coefficient (Wildman–Crippen LogP) is 5.11. The summed E-state index contributed by atoms with van der Waals surface area (Å²) in [5.41, 5.74) is -0.0741. The number of anilines is 2. The predicted molar refractivity (Wildman–Crippen MR) is 122 cm³/mol. The fourth-order valence-electron chi connectivity index (χ4n) is 4.01. The molecule has 168 valence electrons. The lowest BCUT2D eigenvalue weighted by atomic mass is 10.00. The van der Waals surface area contributed by atoms with Crippen LogP contribution in [0.5, 0.6) is 0 Å². The molecule has 34 heavy (non-hydrogen) atoms. The molecule has 6 aromatic rings. The second-order valence-electron chi connectivity index (χ2n) is 7.69. The van der Waals surface area contributed by atoms with Gasteiger partial charge in [0.2, 0.25) is 0 Å². The molecule has 0 aliphatic rings. The van der Waals surface area contributed by atoms with Crippen molar-refractivity contribution in [3.8, 4) is 11.3 Å². The number of nitrogens with zero attached hydrogens (tertiary/aromatic N) is 3. The van der Waals surface area contributed by atoms with Crippen LogP contribution in [0.1, 0.15) is 5.56 Å². The minimum atomic E-state index is -4.68. The molecule has 0 unspecified atom stereocenters. The van der Waals surface area contributed by atoms with Gasteiger partial charge in [-0.3, -0.25) is 20.1 Å². The van der Waals surface area contributed by atoms with E-state index < -0.39 is 17.3 Å². The second-order valence-corrected chi connectivity index (χ2v) is 7.69. The van der Waals surface area contributed by atoms with Crippen molar-refractivity contribution in [2.75, 3.05) is 5.32 Å². The molecule has 0 saturated carbocycles. The Bertz CT molecular complexity index is 1760. The first-order valence-corrected chi connectivity index (χ1v) is 10.2. The van der Waals surface area contributed by atoms with Gasteiger partial charge in [-0.2, -0.15) is 18.3 Å². The van der Waals surface area contributed by atoms with E-state index in [0.29, 0.717) is 16.9 Å². The Morgan fingerprint density at radius 3 is 2.56 bits per heavy atom. The number of hydrogen-bond acceptors (Lipinski definition) is 5. The van der Waals surface area contributed by atoms with Crippen molar-refractivity contribution in [1.29, 1.82) is 0 Å². The Kier molecular flexibility index (Phi) is 4.21. The van der Waals surface area contributed by atoms with E-state index in [2.05, 4.69) is 35.7 Å². The van der Waals surface area contributed by atoms with Crippen LogP contribution >= 0.6 is 0 Å². The molecule has 0 bridgehead atoms. The third kappa shape index (κ3) is 3.17. The molecule has 8 nitrogen and oxygen atoms in total. The fourth-order valence-corrected chi connectivity index (χ4v) is 4.01. The monoisotopic (exact) mass is 461 g/mol. The van der Waals surface area contributed by atoms with Crippen molar-refractivity contribution in [1.82, 2.24) is 30.4 Å². The van der Waals surface area contributed by atoms with Crippen molar-refractivity contribution in [3.05, 3.63) is 76.7 Å². The van der Waals surface area contributed by atoms with E-state index in [1.165, 1.54) is 18.3 Å². The van der Waals surface area contributed by atoms with Crippen molar-refractivity contribution < 1.29 is 13.2 Å². The van der Waals surface area contributed by atoms with Crippen LogP contribution in [-0.4, -0.2) is 30.4 Å². The van der Waals surface area contributed by atoms with Crippen LogP contribution in [0.4, 0.5) is 24.7 Å². The van der Waals surface area contributed by atoms with Gasteiger partial charge in [0.25, 0.3) is 5.56 Å². The van der Waals surface area contributed by atoms with Gasteiger partial charge in [0.15, 0.2) is 11.5 Å². The largest absolute Gasteiger partial charge is 0.417 e. The van der Waals surface area contributed by atoms with Crippen molar-refractivity contribution in [2.45, 2.75) is 6.18 Å². The molecule has 4 N–H and O–H groups in total. The molecular weight excluding hydrogens is 447 g/mol. The number of aromatic amines is 3. The minimum absolute atomic E-state index is 0.0170. The highest BCUT2D eigenvalue weighted by Gasteiger charge is 2.35. The number of para-hydroxylation sites is 1. The smallest absolute Gasteiger partial charge is 0.338 e. The molecule has 4 aromatic heterocycles. The first-order chi connectivity index (χ1) is 16.4. The van der Waals surface area contributed by atoms with Crippen LogP contribution in [0.3, 0.4) is 0 Å². The molecule has 0 saturated heterocycles. The SMILES string of the molecule is O=c1[nH][nH]c2cc(C(F)(F)F)c(-c3cc(Nc4n[nH]c5ccccc45)c4cccnc4n3)cc12. The Labute approximate surface area is 187 Å². The van der Waals surface area contributed by atoms with Crippen LogP contribution in [0.25, 0.3) is 44.1 Å². The lowest BCUT2D eigenvalue weighted by molar-refractivity contribution is -0.137. The molecule has 0 spiro atoms. The van der Waals surface area contributed by atoms with Gasteiger partial charge in [0.1, 0.15) is 0 Å². The lowest BCUT2D eigenvalue weighted by Crippen LogP contribution is -2.09. The van der Waals surface area contributed by atoms with E-state index in [9.17, 15) is 18.0 Å². The highest BCUT2D eigenvalue weighted by molar-refractivity contribution is 5.98. The number of fused-ring (bicyclic) bond motifs is 3. The zero-order valence-corrected chi connectivity index (χ0v) is 17.2. The zero-order valence-electron chi connectivity index (χ0n) is 17.2. The van der Waals surface area contributed by atoms with Crippen LogP contribution in [0.15, 0.2) is 65.6 Å². The standard InChI is InChI=1S/C23H14F3N7O/c24-23(25,26)15-9-19-14(22(34)33-31-19)8-13(15)18-10-17(12-5-3-7-27-20(12)28-18)29-21-11-4-1-2-6-16(11)30-32-21/h1-10H,(H2,31,33,34)(H2,27,28,29,30,32).